The van der Waals surface area contributed by atoms with Gasteiger partial charge in [-0.1, -0.05) is 23.9 Å². The van der Waals surface area contributed by atoms with Crippen molar-refractivity contribution in [3.05, 3.63) is 52.9 Å². The molecule has 0 aliphatic carbocycles. The normalized spacial score (nSPS) is 21.4. The summed E-state index contributed by atoms with van der Waals surface area (Å²) in [7, 11) is 0. The molecular formula is C18H18BrN5O3S. The quantitative estimate of drug-likeness (QED) is 0.625. The number of carbonyl (C=O) groups is 2. The van der Waals surface area contributed by atoms with E-state index in [0.717, 1.165) is 4.47 Å². The van der Waals surface area contributed by atoms with Crippen molar-refractivity contribution in [2.45, 2.75) is 12.7 Å². The average molecular weight is 464 g/mol. The van der Waals surface area contributed by atoms with E-state index in [0.29, 0.717) is 29.7 Å². The van der Waals surface area contributed by atoms with E-state index in [4.69, 9.17) is 4.42 Å². The number of para-hydroxylation sites is 1. The standard InChI is InChI=1S/C18H18BrN5O3S/c19-13-5-1-2-6-14(13)24-17(26)12-9-21-23-16(12)22-18(24)28-10-15(25)20-8-11-4-3-7-27-11/h1-7,12,16,21,23H,8-10H2,(H,20,25). The van der Waals surface area contributed by atoms with E-state index < -0.39 is 0 Å². The van der Waals surface area contributed by atoms with E-state index in [2.05, 4.69) is 37.1 Å². The minimum Gasteiger partial charge on any atom is -0.467 e. The van der Waals surface area contributed by atoms with E-state index in [-0.39, 0.29) is 29.7 Å². The highest BCUT2D eigenvalue weighted by Crippen LogP contribution is 2.33. The van der Waals surface area contributed by atoms with Gasteiger partial charge in [0, 0.05) is 11.0 Å². The van der Waals surface area contributed by atoms with Crippen LogP contribution in [0.3, 0.4) is 0 Å². The number of amides is 2. The molecule has 1 saturated heterocycles. The first kappa shape index (κ1) is 19.2. The molecule has 2 aliphatic rings. The number of halogens is 1. The Morgan fingerprint density at radius 3 is 3.00 bits per heavy atom. The number of carbonyl (C=O) groups excluding carboxylic acids is 2. The molecule has 2 unspecified atom stereocenters. The monoisotopic (exact) mass is 463 g/mol. The number of rotatable bonds is 5. The van der Waals surface area contributed by atoms with Gasteiger partial charge in [-0.2, -0.15) is 0 Å². The lowest BCUT2D eigenvalue weighted by Gasteiger charge is -2.32. The van der Waals surface area contributed by atoms with Crippen LogP contribution in [-0.2, 0) is 16.1 Å². The summed E-state index contributed by atoms with van der Waals surface area (Å²) in [5.74, 6) is 0.316. The second kappa shape index (κ2) is 8.48. The minimum absolute atomic E-state index is 0.0529. The van der Waals surface area contributed by atoms with Crippen LogP contribution < -0.4 is 21.1 Å². The van der Waals surface area contributed by atoms with E-state index in [1.807, 2.05) is 24.3 Å². The summed E-state index contributed by atoms with van der Waals surface area (Å²) in [6.07, 6.45) is 1.23. The van der Waals surface area contributed by atoms with Gasteiger partial charge in [-0.25, -0.2) is 10.4 Å². The predicted octanol–water partition coefficient (Wildman–Crippen LogP) is 1.84. The van der Waals surface area contributed by atoms with E-state index in [9.17, 15) is 9.59 Å². The highest BCUT2D eigenvalue weighted by molar-refractivity contribution is 9.10. The number of hydrogen-bond donors (Lipinski definition) is 3. The third kappa shape index (κ3) is 4.00. The van der Waals surface area contributed by atoms with Crippen LogP contribution in [0, 0.1) is 5.92 Å². The second-order valence-corrected chi connectivity index (χ2v) is 8.05. The van der Waals surface area contributed by atoms with Crippen LogP contribution in [-0.4, -0.2) is 35.4 Å². The molecule has 28 heavy (non-hydrogen) atoms. The van der Waals surface area contributed by atoms with Gasteiger partial charge in [0.25, 0.3) is 0 Å². The summed E-state index contributed by atoms with van der Waals surface area (Å²) in [5.41, 5.74) is 6.71. The maximum atomic E-state index is 13.1. The fourth-order valence-corrected chi connectivity index (χ4v) is 4.33. The highest BCUT2D eigenvalue weighted by atomic mass is 79.9. The summed E-state index contributed by atoms with van der Waals surface area (Å²) in [6, 6.07) is 11.0. The largest absolute Gasteiger partial charge is 0.467 e. The molecule has 1 aromatic heterocycles. The first-order chi connectivity index (χ1) is 13.6. The van der Waals surface area contributed by atoms with Crippen molar-refractivity contribution in [3.63, 3.8) is 0 Å². The van der Waals surface area contributed by atoms with Crippen LogP contribution >= 0.6 is 27.7 Å². The first-order valence-corrected chi connectivity index (χ1v) is 10.5. The third-order valence-corrected chi connectivity index (χ3v) is 6.02. The number of amidine groups is 1. The number of benzene rings is 1. The zero-order valence-electron chi connectivity index (χ0n) is 14.7. The van der Waals surface area contributed by atoms with Gasteiger partial charge >= 0.3 is 0 Å². The fourth-order valence-electron chi connectivity index (χ4n) is 3.00. The van der Waals surface area contributed by atoms with Crippen molar-refractivity contribution in [2.24, 2.45) is 10.9 Å². The second-order valence-electron chi connectivity index (χ2n) is 6.26. The van der Waals surface area contributed by atoms with Gasteiger partial charge in [0.15, 0.2) is 5.17 Å². The van der Waals surface area contributed by atoms with Crippen LogP contribution in [0.4, 0.5) is 5.69 Å². The van der Waals surface area contributed by atoms with Crippen molar-refractivity contribution < 1.29 is 14.0 Å². The lowest BCUT2D eigenvalue weighted by atomic mass is 10.0. The van der Waals surface area contributed by atoms with E-state index in [1.165, 1.54) is 11.8 Å². The molecule has 0 bridgehead atoms. The van der Waals surface area contributed by atoms with Gasteiger partial charge in [-0.15, -0.1) is 0 Å². The number of fused-ring (bicyclic) bond motifs is 1. The molecule has 2 aromatic rings. The molecule has 0 radical (unpaired) electrons. The molecule has 1 fully saturated rings. The zero-order chi connectivity index (χ0) is 19.5. The number of anilines is 1. The summed E-state index contributed by atoms with van der Waals surface area (Å²) in [5, 5.41) is 3.29. The number of thioether (sulfide) groups is 1. The molecule has 2 atom stereocenters. The molecule has 2 amide bonds. The number of furan rings is 1. The van der Waals surface area contributed by atoms with E-state index >= 15 is 0 Å². The summed E-state index contributed by atoms with van der Waals surface area (Å²) >= 11 is 4.74. The molecule has 2 aliphatic heterocycles. The molecule has 10 heteroatoms. The van der Waals surface area contributed by atoms with Gasteiger partial charge in [0.2, 0.25) is 11.8 Å². The maximum Gasteiger partial charge on any atom is 0.241 e. The maximum absolute atomic E-state index is 13.1. The van der Waals surface area contributed by atoms with Crippen molar-refractivity contribution in [1.82, 2.24) is 16.2 Å². The molecule has 4 rings (SSSR count). The van der Waals surface area contributed by atoms with Gasteiger partial charge in [0.05, 0.1) is 30.2 Å². The van der Waals surface area contributed by atoms with E-state index in [1.54, 1.807) is 23.3 Å². The summed E-state index contributed by atoms with van der Waals surface area (Å²) < 4.78 is 6.00. The van der Waals surface area contributed by atoms with Crippen LogP contribution in [0.5, 0.6) is 0 Å². The van der Waals surface area contributed by atoms with Gasteiger partial charge in [-0.05, 0) is 40.2 Å². The summed E-state index contributed by atoms with van der Waals surface area (Å²) in [4.78, 5) is 31.6. The highest BCUT2D eigenvalue weighted by Gasteiger charge is 2.42. The molecule has 0 spiro atoms. The Morgan fingerprint density at radius 1 is 1.36 bits per heavy atom. The smallest absolute Gasteiger partial charge is 0.241 e. The Bertz CT molecular complexity index is 904. The van der Waals surface area contributed by atoms with Crippen molar-refractivity contribution in [1.29, 1.82) is 0 Å². The van der Waals surface area contributed by atoms with Gasteiger partial charge in [-0.3, -0.25) is 19.9 Å². The molecule has 3 N–H and O–H groups in total. The SMILES string of the molecule is O=C(CSC1=NC2NNCC2C(=O)N1c1ccccc1Br)NCc1ccco1. The Morgan fingerprint density at radius 2 is 2.21 bits per heavy atom. The molecule has 0 saturated carbocycles. The number of hydrazine groups is 1. The number of aliphatic imine (C=N–C) groups is 1. The molecular weight excluding hydrogens is 446 g/mol. The molecule has 8 nitrogen and oxygen atoms in total. The number of nitrogens with zero attached hydrogens (tertiary/aromatic N) is 2. The van der Waals surface area contributed by atoms with Crippen LogP contribution in [0.15, 0.2) is 56.5 Å². The topological polar surface area (TPSA) is 99.0 Å². The van der Waals surface area contributed by atoms with Crippen LogP contribution in [0.25, 0.3) is 0 Å². The van der Waals surface area contributed by atoms with Gasteiger partial charge < -0.3 is 9.73 Å². The lowest BCUT2D eigenvalue weighted by molar-refractivity contribution is -0.121. The fraction of sp³-hybridized carbons (Fsp3) is 0.278. The first-order valence-electron chi connectivity index (χ1n) is 8.70. The number of hydrogen-bond acceptors (Lipinski definition) is 7. The van der Waals surface area contributed by atoms with Crippen molar-refractivity contribution >= 4 is 50.4 Å². The Hall–Kier alpha value is -2.14. The molecule has 1 aromatic carbocycles. The minimum atomic E-state index is -0.333. The average Bonchev–Trinajstić information content (AvgIpc) is 3.37. The Kier molecular flexibility index (Phi) is 5.81. The predicted molar refractivity (Wildman–Crippen MR) is 110 cm³/mol. The molecule has 146 valence electrons. The van der Waals surface area contributed by atoms with Crippen LogP contribution in [0.1, 0.15) is 5.76 Å². The van der Waals surface area contributed by atoms with Crippen LogP contribution in [0.2, 0.25) is 0 Å². The third-order valence-electron chi connectivity index (χ3n) is 4.40. The lowest BCUT2D eigenvalue weighted by Crippen LogP contribution is -2.49. The summed E-state index contributed by atoms with van der Waals surface area (Å²) in [6.45, 7) is 0.831. The molecule has 3 heterocycles. The Balaban J connectivity index is 1.49. The Labute approximate surface area is 174 Å². The van der Waals surface area contributed by atoms with Crippen molar-refractivity contribution in [2.75, 3.05) is 17.2 Å². The zero-order valence-corrected chi connectivity index (χ0v) is 17.1. The van der Waals surface area contributed by atoms with Gasteiger partial charge in [0.1, 0.15) is 11.9 Å². The van der Waals surface area contributed by atoms with Crippen molar-refractivity contribution in [3.8, 4) is 0 Å². The number of nitrogens with one attached hydrogen (secondary N) is 3.